The number of amides is 1. The largest absolute Gasteiger partial charge is 0.337 e. The third-order valence-electron chi connectivity index (χ3n) is 5.15. The van der Waals surface area contributed by atoms with Gasteiger partial charge in [-0.15, -0.1) is 0 Å². The van der Waals surface area contributed by atoms with Crippen molar-refractivity contribution in [2.45, 2.75) is 25.3 Å². The van der Waals surface area contributed by atoms with E-state index in [0.29, 0.717) is 17.8 Å². The zero-order valence-corrected chi connectivity index (χ0v) is 18.5. The topological polar surface area (TPSA) is 57.7 Å². The van der Waals surface area contributed by atoms with Crippen LogP contribution in [0.15, 0.2) is 77.7 Å². The van der Waals surface area contributed by atoms with Crippen molar-refractivity contribution in [3.05, 3.63) is 95.1 Å². The first-order valence-corrected chi connectivity index (χ1v) is 11.1. The summed E-state index contributed by atoms with van der Waals surface area (Å²) in [6.07, 6.45) is 0. The quantitative estimate of drug-likeness (QED) is 0.592. The molecule has 0 saturated heterocycles. The molecule has 0 aliphatic rings. The lowest BCUT2D eigenvalue weighted by atomic mass is 10.1. The van der Waals surface area contributed by atoms with E-state index in [9.17, 15) is 13.2 Å². The zero-order valence-electron chi connectivity index (χ0n) is 17.7. The number of hydrogen-bond acceptors (Lipinski definition) is 3. The van der Waals surface area contributed by atoms with Crippen LogP contribution in [0.3, 0.4) is 0 Å². The van der Waals surface area contributed by atoms with Crippen LogP contribution in [0.1, 0.15) is 27.0 Å². The Kier molecular flexibility index (Phi) is 6.27. The first-order valence-electron chi connectivity index (χ1n) is 9.66. The molecule has 6 heteroatoms. The summed E-state index contributed by atoms with van der Waals surface area (Å²) in [7, 11) is -0.560. The number of nitrogens with zero attached hydrogens (tertiary/aromatic N) is 2. The van der Waals surface area contributed by atoms with Crippen molar-refractivity contribution in [2.24, 2.45) is 0 Å². The van der Waals surface area contributed by atoms with E-state index in [2.05, 4.69) is 0 Å². The molecular weight excluding hydrogens is 396 g/mol. The second-order valence-corrected chi connectivity index (χ2v) is 9.39. The minimum absolute atomic E-state index is 0.0840. The maximum Gasteiger partial charge on any atom is 0.264 e. The van der Waals surface area contributed by atoms with Crippen LogP contribution in [0.5, 0.6) is 0 Å². The van der Waals surface area contributed by atoms with E-state index in [1.807, 2.05) is 50.2 Å². The Labute approximate surface area is 178 Å². The number of benzene rings is 3. The summed E-state index contributed by atoms with van der Waals surface area (Å²) in [6.45, 7) is 4.40. The summed E-state index contributed by atoms with van der Waals surface area (Å²) in [5.74, 6) is -0.228. The number of hydrogen-bond donors (Lipinski definition) is 0. The van der Waals surface area contributed by atoms with Gasteiger partial charge in [0, 0.05) is 26.2 Å². The lowest BCUT2D eigenvalue weighted by Crippen LogP contribution is -2.28. The standard InChI is InChI=1S/C24H26N2O3S/c1-18-12-14-22(15-13-18)26(4)30(28,29)23-11-7-10-20(16-23)24(27)25(3)17-21-9-6-5-8-19(21)2/h5-16H,17H2,1-4H3. The molecular formula is C24H26N2O3S. The van der Waals surface area contributed by atoms with E-state index >= 15 is 0 Å². The zero-order chi connectivity index (χ0) is 21.9. The van der Waals surface area contributed by atoms with Gasteiger partial charge in [-0.05, 0) is 55.3 Å². The fourth-order valence-corrected chi connectivity index (χ4v) is 4.42. The predicted octanol–water partition coefficient (Wildman–Crippen LogP) is 4.40. The Morgan fingerprint density at radius 3 is 2.20 bits per heavy atom. The number of carbonyl (C=O) groups excluding carboxylic acids is 1. The highest BCUT2D eigenvalue weighted by Gasteiger charge is 2.23. The second kappa shape index (κ2) is 8.71. The third kappa shape index (κ3) is 4.54. The lowest BCUT2D eigenvalue weighted by molar-refractivity contribution is 0.0784. The summed E-state index contributed by atoms with van der Waals surface area (Å²) < 4.78 is 27.4. The molecule has 0 heterocycles. The summed E-state index contributed by atoms with van der Waals surface area (Å²) in [5, 5.41) is 0. The fraction of sp³-hybridized carbons (Fsp3) is 0.208. The van der Waals surface area contributed by atoms with E-state index in [0.717, 1.165) is 16.7 Å². The molecule has 0 N–H and O–H groups in total. The molecule has 3 aromatic rings. The number of sulfonamides is 1. The Hall–Kier alpha value is -3.12. The van der Waals surface area contributed by atoms with Crippen LogP contribution in [0.4, 0.5) is 5.69 Å². The summed E-state index contributed by atoms with van der Waals surface area (Å²) in [6, 6.07) is 21.3. The summed E-state index contributed by atoms with van der Waals surface area (Å²) in [4.78, 5) is 14.6. The highest BCUT2D eigenvalue weighted by Crippen LogP contribution is 2.23. The fourth-order valence-electron chi connectivity index (χ4n) is 3.18. The van der Waals surface area contributed by atoms with E-state index in [1.165, 1.54) is 23.5 Å². The highest BCUT2D eigenvalue weighted by molar-refractivity contribution is 7.92. The highest BCUT2D eigenvalue weighted by atomic mass is 32.2. The van der Waals surface area contributed by atoms with Crippen molar-refractivity contribution in [1.29, 1.82) is 0 Å². The van der Waals surface area contributed by atoms with Crippen molar-refractivity contribution in [2.75, 3.05) is 18.4 Å². The van der Waals surface area contributed by atoms with Gasteiger partial charge in [0.25, 0.3) is 15.9 Å². The smallest absolute Gasteiger partial charge is 0.264 e. The molecule has 0 radical (unpaired) electrons. The molecule has 0 atom stereocenters. The minimum Gasteiger partial charge on any atom is -0.337 e. The summed E-state index contributed by atoms with van der Waals surface area (Å²) >= 11 is 0. The molecule has 1 amide bonds. The van der Waals surface area contributed by atoms with Gasteiger partial charge in [-0.2, -0.15) is 0 Å². The molecule has 0 aliphatic heterocycles. The van der Waals surface area contributed by atoms with Crippen molar-refractivity contribution >= 4 is 21.6 Å². The van der Waals surface area contributed by atoms with Gasteiger partial charge < -0.3 is 4.90 Å². The van der Waals surface area contributed by atoms with Crippen LogP contribution in [0, 0.1) is 13.8 Å². The molecule has 156 valence electrons. The van der Waals surface area contributed by atoms with Crippen LogP contribution in [-0.2, 0) is 16.6 Å². The molecule has 3 aromatic carbocycles. The van der Waals surface area contributed by atoms with Crippen molar-refractivity contribution < 1.29 is 13.2 Å². The molecule has 0 bridgehead atoms. The molecule has 0 fully saturated rings. The second-order valence-electron chi connectivity index (χ2n) is 7.42. The molecule has 5 nitrogen and oxygen atoms in total. The maximum absolute atomic E-state index is 13.1. The first-order chi connectivity index (χ1) is 14.2. The van der Waals surface area contributed by atoms with Crippen molar-refractivity contribution in [3.63, 3.8) is 0 Å². The van der Waals surface area contributed by atoms with Crippen LogP contribution in [-0.4, -0.2) is 33.3 Å². The SMILES string of the molecule is Cc1ccc(N(C)S(=O)(=O)c2cccc(C(=O)N(C)Cc3ccccc3C)c2)cc1. The molecule has 0 saturated carbocycles. The van der Waals surface area contributed by atoms with E-state index in [4.69, 9.17) is 0 Å². The Morgan fingerprint density at radius 2 is 1.53 bits per heavy atom. The Bertz CT molecular complexity index is 1160. The van der Waals surface area contributed by atoms with Gasteiger partial charge in [-0.3, -0.25) is 9.10 Å². The van der Waals surface area contributed by atoms with Gasteiger partial charge in [0.2, 0.25) is 0 Å². The van der Waals surface area contributed by atoms with Crippen molar-refractivity contribution in [3.8, 4) is 0 Å². The number of anilines is 1. The number of carbonyl (C=O) groups is 1. The normalized spacial score (nSPS) is 11.2. The molecule has 0 aromatic heterocycles. The van der Waals surface area contributed by atoms with Crippen LogP contribution < -0.4 is 4.31 Å². The maximum atomic E-state index is 13.1. The molecule has 0 unspecified atom stereocenters. The van der Waals surface area contributed by atoms with Crippen molar-refractivity contribution in [1.82, 2.24) is 4.90 Å². The van der Waals surface area contributed by atoms with Crippen LogP contribution >= 0.6 is 0 Å². The van der Waals surface area contributed by atoms with Crippen LogP contribution in [0.25, 0.3) is 0 Å². The first kappa shape index (κ1) is 21.6. The van der Waals surface area contributed by atoms with Gasteiger partial charge in [0.1, 0.15) is 0 Å². The lowest BCUT2D eigenvalue weighted by Gasteiger charge is -2.21. The van der Waals surface area contributed by atoms with Gasteiger partial charge in [0.05, 0.1) is 10.6 Å². The summed E-state index contributed by atoms with van der Waals surface area (Å²) in [5.41, 5.74) is 4.11. The Morgan fingerprint density at radius 1 is 0.867 bits per heavy atom. The molecule has 30 heavy (non-hydrogen) atoms. The van der Waals surface area contributed by atoms with Gasteiger partial charge in [-0.1, -0.05) is 48.0 Å². The predicted molar refractivity (Wildman–Crippen MR) is 120 cm³/mol. The third-order valence-corrected chi connectivity index (χ3v) is 6.93. The molecule has 3 rings (SSSR count). The monoisotopic (exact) mass is 422 g/mol. The van der Waals surface area contributed by atoms with Crippen LogP contribution in [0.2, 0.25) is 0 Å². The molecule has 0 aliphatic carbocycles. The van der Waals surface area contributed by atoms with Gasteiger partial charge in [0.15, 0.2) is 0 Å². The Balaban J connectivity index is 1.85. The minimum atomic E-state index is -3.79. The average Bonchev–Trinajstić information content (AvgIpc) is 2.75. The molecule has 0 spiro atoms. The average molecular weight is 423 g/mol. The van der Waals surface area contributed by atoms with Gasteiger partial charge in [-0.25, -0.2) is 8.42 Å². The number of rotatable bonds is 6. The van der Waals surface area contributed by atoms with E-state index in [-0.39, 0.29) is 10.8 Å². The van der Waals surface area contributed by atoms with E-state index in [1.54, 1.807) is 36.2 Å². The van der Waals surface area contributed by atoms with E-state index < -0.39 is 10.0 Å². The number of aryl methyl sites for hydroxylation is 2. The van der Waals surface area contributed by atoms with Gasteiger partial charge >= 0.3 is 0 Å².